The highest BCUT2D eigenvalue weighted by atomic mass is 16.3. The average molecular weight is 707 g/mol. The first-order chi connectivity index (χ1) is 25.4. The molecule has 2 aromatic heterocycles. The number of carbonyl (C=O) groups excluding carboxylic acids is 2. The number of hydrogen-bond donors (Lipinski definition) is 4. The lowest BCUT2D eigenvalue weighted by Gasteiger charge is -2.35. The van der Waals surface area contributed by atoms with E-state index in [2.05, 4.69) is 36.6 Å². The molecule has 0 atom stereocenters. The highest BCUT2D eigenvalue weighted by molar-refractivity contribution is 5.96. The number of nitrogens with zero attached hydrogens (tertiary/aromatic N) is 6. The maximum absolute atomic E-state index is 13.5. The zero-order chi connectivity index (χ0) is 36.3. The average Bonchev–Trinajstić information content (AvgIpc) is 3.20. The minimum Gasteiger partial charge on any atom is -0.483 e. The number of hydrogen-bond acceptors (Lipinski definition) is 10. The van der Waals surface area contributed by atoms with Gasteiger partial charge in [0.1, 0.15) is 0 Å². The van der Waals surface area contributed by atoms with Gasteiger partial charge in [-0.1, -0.05) is 24.3 Å². The second-order valence-electron chi connectivity index (χ2n) is 13.6. The number of piperidine rings is 1. The molecule has 1 saturated carbocycles. The molecule has 2 aliphatic heterocycles. The summed E-state index contributed by atoms with van der Waals surface area (Å²) in [5, 5.41) is 22.8. The van der Waals surface area contributed by atoms with E-state index in [1.807, 2.05) is 59.8 Å². The van der Waals surface area contributed by atoms with Crippen LogP contribution in [0.5, 0.6) is 0 Å². The third kappa shape index (κ3) is 9.07. The van der Waals surface area contributed by atoms with Crippen LogP contribution in [-0.2, 0) is 29.1 Å². The van der Waals surface area contributed by atoms with Gasteiger partial charge in [-0.3, -0.25) is 14.4 Å². The molecule has 3 aliphatic rings. The highest BCUT2D eigenvalue weighted by Gasteiger charge is 2.32. The molecule has 0 bridgehead atoms. The van der Waals surface area contributed by atoms with Crippen LogP contribution in [0.1, 0.15) is 72.0 Å². The standard InChI is InChI=1S/C38H44N8O3.CH2O2/c47-25-26-10-12-29(13-11-26)36(49)46-19-15-28-7-5-9-32(33(28)24-46)35(48)40-21-27-6-4-8-31(20-27)43-37-39-16-14-34(44-37)30-22-41-38(42-23-30)45-17-2-1-3-18-45;2-1-3/h4-9,14,16,20,22-23,26,29,47H,1-3,10-13,15,17-19,21,24-25H2,(H,40,48)(H,39,43,44);1H,(H,2,3). The summed E-state index contributed by atoms with van der Waals surface area (Å²) < 4.78 is 0. The van der Waals surface area contributed by atoms with E-state index in [1.165, 1.54) is 19.3 Å². The Bertz CT molecular complexity index is 1820. The Morgan fingerprint density at radius 2 is 1.67 bits per heavy atom. The Labute approximate surface area is 303 Å². The summed E-state index contributed by atoms with van der Waals surface area (Å²) in [5.41, 5.74) is 5.96. The van der Waals surface area contributed by atoms with E-state index in [4.69, 9.17) is 14.9 Å². The van der Waals surface area contributed by atoms with Gasteiger partial charge < -0.3 is 30.6 Å². The second kappa shape index (κ2) is 17.7. The topological polar surface area (TPSA) is 174 Å². The van der Waals surface area contributed by atoms with Gasteiger partial charge in [0.05, 0.1) is 5.69 Å². The van der Waals surface area contributed by atoms with Gasteiger partial charge in [0, 0.05) is 80.7 Å². The smallest absolute Gasteiger partial charge is 0.290 e. The molecule has 4 aromatic rings. The second-order valence-corrected chi connectivity index (χ2v) is 13.6. The molecule has 0 unspecified atom stereocenters. The van der Waals surface area contributed by atoms with Gasteiger partial charge in [-0.2, -0.15) is 0 Å². The predicted octanol–water partition coefficient (Wildman–Crippen LogP) is 4.98. The fourth-order valence-electron chi connectivity index (χ4n) is 7.29. The summed E-state index contributed by atoms with van der Waals surface area (Å²) >= 11 is 0. The van der Waals surface area contributed by atoms with Gasteiger partial charge in [0.2, 0.25) is 17.8 Å². The molecule has 272 valence electrons. The molecule has 1 saturated heterocycles. The van der Waals surface area contributed by atoms with Crippen molar-refractivity contribution in [1.82, 2.24) is 30.2 Å². The van der Waals surface area contributed by atoms with Crippen LogP contribution < -0.4 is 15.5 Å². The number of aliphatic hydroxyl groups excluding tert-OH is 1. The SMILES string of the molecule is O=C(NCc1cccc(Nc2nccc(-c3cnc(N4CCCCC4)nc3)n2)c1)c1cccc2c1CN(C(=O)C1CCC(CO)CC1)CC2.O=CO. The molecule has 7 rings (SSSR count). The number of aliphatic hydroxyl groups is 1. The molecule has 52 heavy (non-hydrogen) atoms. The van der Waals surface area contributed by atoms with E-state index in [1.54, 1.807) is 6.20 Å². The molecule has 13 nitrogen and oxygen atoms in total. The Hall–Kier alpha value is -5.43. The van der Waals surface area contributed by atoms with Crippen molar-refractivity contribution in [2.75, 3.05) is 36.5 Å². The number of amides is 2. The first kappa shape index (κ1) is 36.4. The Balaban J connectivity index is 0.00000150. The number of rotatable bonds is 9. The van der Waals surface area contributed by atoms with Crippen LogP contribution in [0.25, 0.3) is 11.3 Å². The Kier molecular flexibility index (Phi) is 12.4. The van der Waals surface area contributed by atoms with Crippen molar-refractivity contribution in [2.24, 2.45) is 11.8 Å². The molecule has 1 aliphatic carbocycles. The van der Waals surface area contributed by atoms with Crippen molar-refractivity contribution in [1.29, 1.82) is 0 Å². The van der Waals surface area contributed by atoms with E-state index >= 15 is 0 Å². The normalized spacial score (nSPS) is 18.3. The number of aromatic nitrogens is 4. The van der Waals surface area contributed by atoms with Crippen molar-refractivity contribution < 1.29 is 24.6 Å². The summed E-state index contributed by atoms with van der Waals surface area (Å²) in [5.74, 6) is 1.55. The van der Waals surface area contributed by atoms with Crippen molar-refractivity contribution in [2.45, 2.75) is 64.5 Å². The van der Waals surface area contributed by atoms with Crippen molar-refractivity contribution >= 4 is 35.9 Å². The van der Waals surface area contributed by atoms with Crippen LogP contribution in [0, 0.1) is 11.8 Å². The van der Waals surface area contributed by atoms with E-state index in [0.29, 0.717) is 37.1 Å². The fourth-order valence-corrected chi connectivity index (χ4v) is 7.29. The van der Waals surface area contributed by atoms with Crippen LogP contribution in [0.2, 0.25) is 0 Å². The maximum Gasteiger partial charge on any atom is 0.290 e. The lowest BCUT2D eigenvalue weighted by Crippen LogP contribution is -2.41. The third-order valence-electron chi connectivity index (χ3n) is 10.1. The molecule has 4 heterocycles. The predicted molar refractivity (Wildman–Crippen MR) is 197 cm³/mol. The number of fused-ring (bicyclic) bond motifs is 1. The summed E-state index contributed by atoms with van der Waals surface area (Å²) in [6.45, 7) is 3.40. The summed E-state index contributed by atoms with van der Waals surface area (Å²) in [6, 6.07) is 15.5. The van der Waals surface area contributed by atoms with Gasteiger partial charge in [-0.05, 0) is 98.2 Å². The number of anilines is 3. The minimum atomic E-state index is -0.250. The molecule has 0 radical (unpaired) electrons. The molecule has 13 heteroatoms. The van der Waals surface area contributed by atoms with E-state index < -0.39 is 0 Å². The van der Waals surface area contributed by atoms with Crippen LogP contribution in [0.3, 0.4) is 0 Å². The van der Waals surface area contributed by atoms with Crippen molar-refractivity contribution in [3.8, 4) is 11.3 Å². The highest BCUT2D eigenvalue weighted by Crippen LogP contribution is 2.32. The Morgan fingerprint density at radius 1 is 0.923 bits per heavy atom. The van der Waals surface area contributed by atoms with Gasteiger partial charge in [0.25, 0.3) is 12.4 Å². The summed E-state index contributed by atoms with van der Waals surface area (Å²) in [4.78, 5) is 57.7. The van der Waals surface area contributed by atoms with Crippen LogP contribution in [-0.4, -0.2) is 79.6 Å². The lowest BCUT2D eigenvalue weighted by molar-refractivity contribution is -0.138. The molecular formula is C39H46N8O5. The number of nitrogens with one attached hydrogen (secondary N) is 2. The monoisotopic (exact) mass is 706 g/mol. The molecule has 0 spiro atoms. The van der Waals surface area contributed by atoms with Gasteiger partial charge in [0.15, 0.2) is 0 Å². The lowest BCUT2D eigenvalue weighted by atomic mass is 9.81. The third-order valence-corrected chi connectivity index (χ3v) is 10.1. The summed E-state index contributed by atoms with van der Waals surface area (Å²) in [7, 11) is 0. The maximum atomic E-state index is 13.5. The number of carboxylic acid groups (broad SMARTS) is 1. The van der Waals surface area contributed by atoms with E-state index in [-0.39, 0.29) is 30.8 Å². The minimum absolute atomic E-state index is 0.00369. The largest absolute Gasteiger partial charge is 0.483 e. The van der Waals surface area contributed by atoms with Crippen LogP contribution in [0.4, 0.5) is 17.6 Å². The first-order valence-corrected chi connectivity index (χ1v) is 18.1. The van der Waals surface area contributed by atoms with E-state index in [9.17, 15) is 14.7 Å². The molecule has 2 fully saturated rings. The van der Waals surface area contributed by atoms with Crippen LogP contribution >= 0.6 is 0 Å². The molecule has 2 amide bonds. The molecular weight excluding hydrogens is 660 g/mol. The van der Waals surface area contributed by atoms with Gasteiger partial charge >= 0.3 is 0 Å². The van der Waals surface area contributed by atoms with Crippen LogP contribution in [0.15, 0.2) is 67.1 Å². The van der Waals surface area contributed by atoms with Crippen molar-refractivity contribution in [3.05, 3.63) is 89.4 Å². The van der Waals surface area contributed by atoms with Gasteiger partial charge in [-0.15, -0.1) is 0 Å². The first-order valence-electron chi connectivity index (χ1n) is 18.1. The number of benzene rings is 2. The quantitative estimate of drug-likeness (QED) is 0.173. The fraction of sp³-hybridized carbons (Fsp3) is 0.410. The zero-order valence-corrected chi connectivity index (χ0v) is 29.3. The number of carbonyl (C=O) groups is 3. The van der Waals surface area contributed by atoms with E-state index in [0.717, 1.165) is 84.8 Å². The molecule has 4 N–H and O–H groups in total. The Morgan fingerprint density at radius 3 is 2.42 bits per heavy atom. The molecule has 2 aromatic carbocycles. The zero-order valence-electron chi connectivity index (χ0n) is 29.3. The van der Waals surface area contributed by atoms with Gasteiger partial charge in [-0.25, -0.2) is 19.9 Å². The van der Waals surface area contributed by atoms with Crippen molar-refractivity contribution in [3.63, 3.8) is 0 Å². The summed E-state index contributed by atoms with van der Waals surface area (Å²) in [6.07, 6.45) is 13.1.